The van der Waals surface area contributed by atoms with Crippen molar-refractivity contribution in [2.75, 3.05) is 11.9 Å². The normalized spacial score (nSPS) is 16.5. The van der Waals surface area contributed by atoms with Gasteiger partial charge in [0.15, 0.2) is 5.17 Å². The van der Waals surface area contributed by atoms with Crippen LogP contribution in [0.5, 0.6) is 11.5 Å². The molecule has 0 saturated carbocycles. The van der Waals surface area contributed by atoms with Gasteiger partial charge in [-0.2, -0.15) is 0 Å². The number of rotatable bonds is 10. The minimum absolute atomic E-state index is 0.0569. The highest BCUT2D eigenvalue weighted by Gasteiger charge is 2.39. The van der Waals surface area contributed by atoms with Crippen LogP contribution in [0, 0.1) is 0 Å². The lowest BCUT2D eigenvalue weighted by atomic mass is 10.2. The van der Waals surface area contributed by atoms with Crippen LogP contribution in [0.15, 0.2) is 83.9 Å². The summed E-state index contributed by atoms with van der Waals surface area (Å²) in [6.45, 7) is 2.69. The molecule has 7 nitrogen and oxygen atoms in total. The summed E-state index contributed by atoms with van der Waals surface area (Å²) in [6.07, 6.45) is -0.0569. The number of amides is 2. The Hall–Kier alpha value is -3.63. The minimum atomic E-state index is -3.83. The highest BCUT2D eigenvalue weighted by Crippen LogP contribution is 2.34. The van der Waals surface area contributed by atoms with E-state index in [1.54, 1.807) is 24.3 Å². The van der Waals surface area contributed by atoms with Crippen LogP contribution >= 0.6 is 23.4 Å². The molecule has 1 heterocycles. The Balaban J connectivity index is 1.49. The van der Waals surface area contributed by atoms with Gasteiger partial charge in [0.2, 0.25) is 11.8 Å². The van der Waals surface area contributed by atoms with E-state index < -0.39 is 10.8 Å². The number of hydrogen-bond acceptors (Lipinski definition) is 6. The van der Waals surface area contributed by atoms with Crippen molar-refractivity contribution in [1.82, 2.24) is 4.90 Å². The summed E-state index contributed by atoms with van der Waals surface area (Å²) in [4.78, 5) is 32.2. The molecule has 198 valence electrons. The molecule has 3 aromatic carbocycles. The second kappa shape index (κ2) is 12.3. The summed E-state index contributed by atoms with van der Waals surface area (Å²) in [5, 5.41) is 2.52. The quantitative estimate of drug-likeness (QED) is 0.290. The van der Waals surface area contributed by atoms with E-state index in [-0.39, 0.29) is 30.5 Å². The zero-order chi connectivity index (χ0) is 27.1. The van der Waals surface area contributed by atoms with E-state index in [9.17, 15) is 18.4 Å². The monoisotopic (exact) mass is 559 g/mol. The van der Waals surface area contributed by atoms with E-state index >= 15 is 0 Å². The zero-order valence-electron chi connectivity index (χ0n) is 20.3. The van der Waals surface area contributed by atoms with Crippen molar-refractivity contribution in [2.45, 2.75) is 30.7 Å². The van der Waals surface area contributed by atoms with Crippen LogP contribution in [0.3, 0.4) is 0 Å². The predicted molar refractivity (Wildman–Crippen MR) is 144 cm³/mol. The number of halogens is 3. The fourth-order valence-corrected chi connectivity index (χ4v) is 4.90. The average Bonchev–Trinajstić information content (AvgIpc) is 3.15. The van der Waals surface area contributed by atoms with Crippen LogP contribution < -0.4 is 14.8 Å². The molecule has 0 unspecified atom stereocenters. The third-order valence-electron chi connectivity index (χ3n) is 5.32. The Morgan fingerprint density at radius 2 is 1.71 bits per heavy atom. The molecule has 0 aliphatic carbocycles. The first-order valence-electron chi connectivity index (χ1n) is 11.7. The highest BCUT2D eigenvalue weighted by atomic mass is 35.5. The molecule has 2 amide bonds. The van der Waals surface area contributed by atoms with Crippen molar-refractivity contribution < 1.29 is 27.8 Å². The molecule has 1 aliphatic heterocycles. The Bertz CT molecular complexity index is 1290. The topological polar surface area (TPSA) is 80.2 Å². The lowest BCUT2D eigenvalue weighted by Gasteiger charge is -2.17. The molecule has 3 aromatic rings. The van der Waals surface area contributed by atoms with Gasteiger partial charge in [-0.3, -0.25) is 14.5 Å². The number of aliphatic imine (C=N–C) groups is 1. The molecule has 1 saturated heterocycles. The maximum atomic E-state index is 13.3. The number of benzene rings is 3. The number of thioether (sulfide) groups is 1. The summed E-state index contributed by atoms with van der Waals surface area (Å²) >= 11 is 5.99. The summed E-state index contributed by atoms with van der Waals surface area (Å²) < 4.78 is 35.5. The van der Waals surface area contributed by atoms with Crippen LogP contribution in [0.2, 0.25) is 0 Å². The smallest absolute Gasteiger partial charge is 0.487 e. The number of alkyl halides is 3. The number of hydrogen-bond donors (Lipinski definition) is 1. The van der Waals surface area contributed by atoms with E-state index in [4.69, 9.17) is 16.3 Å². The van der Waals surface area contributed by atoms with Gasteiger partial charge in [0, 0.05) is 23.7 Å². The van der Waals surface area contributed by atoms with Gasteiger partial charge in [-0.1, -0.05) is 42.1 Å². The average molecular weight is 560 g/mol. The molecular formula is C27H24ClF2N3O4S. The van der Waals surface area contributed by atoms with Crippen LogP contribution in [0.25, 0.3) is 0 Å². The predicted octanol–water partition coefficient (Wildman–Crippen LogP) is 6.41. The van der Waals surface area contributed by atoms with Crippen molar-refractivity contribution in [3.8, 4) is 11.5 Å². The van der Waals surface area contributed by atoms with Gasteiger partial charge < -0.3 is 14.8 Å². The SMILES string of the molecule is CCOc1ccc(NC(=O)C[C@H]2SC(=Nc3ccc(OC(F)(F)Cl)cc3)N(Cc3ccccc3)C2=O)cc1. The fraction of sp³-hybridized carbons (Fsp3) is 0.222. The van der Waals surface area contributed by atoms with Crippen LogP contribution in [0.1, 0.15) is 18.9 Å². The summed E-state index contributed by atoms with van der Waals surface area (Å²) in [6, 6.07) is 21.9. The molecule has 0 spiro atoms. The number of anilines is 1. The van der Waals surface area contributed by atoms with E-state index in [0.29, 0.717) is 28.9 Å². The van der Waals surface area contributed by atoms with Crippen LogP contribution in [0.4, 0.5) is 20.2 Å². The van der Waals surface area contributed by atoms with Crippen LogP contribution in [-0.4, -0.2) is 39.3 Å². The van der Waals surface area contributed by atoms with Crippen molar-refractivity contribution >= 4 is 51.7 Å². The molecule has 0 aromatic heterocycles. The van der Waals surface area contributed by atoms with Crippen molar-refractivity contribution in [1.29, 1.82) is 0 Å². The Morgan fingerprint density at radius 3 is 2.34 bits per heavy atom. The second-order valence-electron chi connectivity index (χ2n) is 8.16. The summed E-state index contributed by atoms with van der Waals surface area (Å²) in [5.74, 6) is 0.0000783. The molecule has 0 bridgehead atoms. The van der Waals surface area contributed by atoms with Gasteiger partial charge in [0.1, 0.15) is 16.7 Å². The first-order chi connectivity index (χ1) is 18.2. The van der Waals surface area contributed by atoms with Crippen molar-refractivity contribution in [3.05, 3.63) is 84.4 Å². The molecule has 38 heavy (non-hydrogen) atoms. The molecule has 11 heteroatoms. The molecule has 1 N–H and O–H groups in total. The van der Waals surface area contributed by atoms with Crippen molar-refractivity contribution in [2.24, 2.45) is 4.99 Å². The number of ether oxygens (including phenoxy) is 2. The number of amidine groups is 1. The Kier molecular flexibility index (Phi) is 8.85. The fourth-order valence-electron chi connectivity index (χ4n) is 3.65. The first-order valence-corrected chi connectivity index (χ1v) is 12.9. The van der Waals surface area contributed by atoms with E-state index in [0.717, 1.165) is 5.56 Å². The first kappa shape index (κ1) is 27.4. The Labute approximate surface area is 227 Å². The molecule has 1 aliphatic rings. The maximum absolute atomic E-state index is 13.3. The Morgan fingerprint density at radius 1 is 1.05 bits per heavy atom. The van der Waals surface area contributed by atoms with Gasteiger partial charge in [-0.25, -0.2) is 4.99 Å². The summed E-state index contributed by atoms with van der Waals surface area (Å²) in [5.41, 5.74) is -1.93. The van der Waals surface area contributed by atoms with Crippen LogP contribution in [-0.2, 0) is 16.1 Å². The molecule has 4 rings (SSSR count). The minimum Gasteiger partial charge on any atom is -0.494 e. The lowest BCUT2D eigenvalue weighted by Crippen LogP contribution is -2.33. The third-order valence-corrected chi connectivity index (χ3v) is 6.57. The maximum Gasteiger partial charge on any atom is 0.487 e. The van der Waals surface area contributed by atoms with Gasteiger partial charge >= 0.3 is 5.57 Å². The van der Waals surface area contributed by atoms with Gasteiger partial charge in [-0.05, 0) is 61.0 Å². The zero-order valence-corrected chi connectivity index (χ0v) is 21.8. The summed E-state index contributed by atoms with van der Waals surface area (Å²) in [7, 11) is 0. The lowest BCUT2D eigenvalue weighted by molar-refractivity contribution is -0.128. The largest absolute Gasteiger partial charge is 0.494 e. The van der Waals surface area contributed by atoms with Gasteiger partial charge in [0.05, 0.1) is 18.8 Å². The highest BCUT2D eigenvalue weighted by molar-refractivity contribution is 8.15. The number of carbonyl (C=O) groups is 2. The number of nitrogens with zero attached hydrogens (tertiary/aromatic N) is 2. The van der Waals surface area contributed by atoms with Crippen molar-refractivity contribution in [3.63, 3.8) is 0 Å². The molecule has 1 fully saturated rings. The van der Waals surface area contributed by atoms with E-state index in [1.165, 1.54) is 40.9 Å². The van der Waals surface area contributed by atoms with E-state index in [2.05, 4.69) is 15.0 Å². The number of carbonyl (C=O) groups excluding carboxylic acids is 2. The third kappa shape index (κ3) is 7.69. The van der Waals surface area contributed by atoms with Gasteiger partial charge in [-0.15, -0.1) is 8.78 Å². The molecule has 1 atom stereocenters. The number of nitrogens with one attached hydrogen (secondary N) is 1. The standard InChI is InChI=1S/C27H24ClF2N3O4S/c1-2-36-21-12-8-19(9-13-21)31-24(34)16-23-25(35)33(17-18-6-4-3-5-7-18)26(38-23)32-20-10-14-22(15-11-20)37-27(28,29)30/h3-15,23H,2,16-17H2,1H3,(H,31,34)/t23-/m1/s1. The second-order valence-corrected chi connectivity index (χ2v) is 9.77. The van der Waals surface area contributed by atoms with E-state index in [1.807, 2.05) is 37.3 Å². The molecule has 0 radical (unpaired) electrons. The van der Waals surface area contributed by atoms with Gasteiger partial charge in [0.25, 0.3) is 0 Å². The molecular weight excluding hydrogens is 536 g/mol.